The van der Waals surface area contributed by atoms with Gasteiger partial charge in [-0.2, -0.15) is 0 Å². The van der Waals surface area contributed by atoms with E-state index in [2.05, 4.69) is 15.0 Å². The van der Waals surface area contributed by atoms with Gasteiger partial charge in [-0.05, 0) is 29.8 Å². The van der Waals surface area contributed by atoms with Crippen LogP contribution in [0.1, 0.15) is 10.4 Å². The molecule has 0 aliphatic carbocycles. The molecule has 4 N–H and O–H groups in total. The van der Waals surface area contributed by atoms with Gasteiger partial charge < -0.3 is 15.7 Å². The molecule has 0 unspecified atom stereocenters. The minimum atomic E-state index is -0.709. The fourth-order valence-corrected chi connectivity index (χ4v) is 2.72. The van der Waals surface area contributed by atoms with Gasteiger partial charge >= 0.3 is 0 Å². The summed E-state index contributed by atoms with van der Waals surface area (Å²) in [5.74, 6) is -0.690. The normalized spacial score (nSPS) is 11.0. The van der Waals surface area contributed by atoms with Crippen LogP contribution < -0.4 is 5.73 Å². The number of fused-ring (bicyclic) bond motifs is 1. The van der Waals surface area contributed by atoms with E-state index < -0.39 is 11.7 Å². The van der Waals surface area contributed by atoms with Crippen LogP contribution in [0.2, 0.25) is 0 Å². The Kier molecular flexibility index (Phi) is 3.16. The van der Waals surface area contributed by atoms with E-state index >= 15 is 0 Å². The molecule has 6 heteroatoms. The topological polar surface area (TPSA) is 87.6 Å². The zero-order valence-corrected chi connectivity index (χ0v) is 12.5. The zero-order valence-electron chi connectivity index (χ0n) is 12.5. The number of halogens is 1. The molecule has 118 valence electrons. The molecule has 0 saturated heterocycles. The van der Waals surface area contributed by atoms with E-state index in [4.69, 9.17) is 5.73 Å². The van der Waals surface area contributed by atoms with Crippen molar-refractivity contribution in [2.75, 3.05) is 0 Å². The second-order valence-corrected chi connectivity index (χ2v) is 5.46. The van der Waals surface area contributed by atoms with Crippen molar-refractivity contribution in [1.29, 1.82) is 0 Å². The molecule has 0 radical (unpaired) electrons. The molecule has 0 bridgehead atoms. The molecule has 0 aliphatic rings. The average Bonchev–Trinajstić information content (AvgIpc) is 3.23. The number of nitrogens with zero attached hydrogens (tertiary/aromatic N) is 1. The molecule has 0 spiro atoms. The molecule has 5 nitrogen and oxygen atoms in total. The van der Waals surface area contributed by atoms with Crippen molar-refractivity contribution in [2.24, 2.45) is 5.73 Å². The van der Waals surface area contributed by atoms with Crippen LogP contribution >= 0.6 is 0 Å². The summed E-state index contributed by atoms with van der Waals surface area (Å²) in [4.78, 5) is 22.1. The van der Waals surface area contributed by atoms with Crippen molar-refractivity contribution < 1.29 is 9.18 Å². The van der Waals surface area contributed by atoms with Gasteiger partial charge in [-0.3, -0.25) is 4.79 Å². The predicted octanol–water partition coefficient (Wildman–Crippen LogP) is 3.46. The van der Waals surface area contributed by atoms with Crippen molar-refractivity contribution in [3.63, 3.8) is 0 Å². The van der Waals surface area contributed by atoms with Crippen LogP contribution in [0.4, 0.5) is 4.39 Å². The lowest BCUT2D eigenvalue weighted by atomic mass is 10.1. The Morgan fingerprint density at radius 3 is 2.50 bits per heavy atom. The molecule has 0 aliphatic heterocycles. The number of amides is 1. The van der Waals surface area contributed by atoms with Crippen LogP contribution in [0.25, 0.3) is 33.7 Å². The Bertz CT molecular complexity index is 1030. The number of benzene rings is 2. The highest BCUT2D eigenvalue weighted by Gasteiger charge is 2.14. The lowest BCUT2D eigenvalue weighted by molar-refractivity contribution is 0.100. The van der Waals surface area contributed by atoms with E-state index in [0.29, 0.717) is 16.9 Å². The number of carbonyl (C=O) groups is 1. The number of H-pyrrole nitrogens is 2. The van der Waals surface area contributed by atoms with E-state index in [1.165, 1.54) is 6.07 Å². The molecule has 0 atom stereocenters. The predicted molar refractivity (Wildman–Crippen MR) is 89.8 cm³/mol. The maximum Gasteiger partial charge on any atom is 0.251 e. The third-order valence-corrected chi connectivity index (χ3v) is 3.88. The summed E-state index contributed by atoms with van der Waals surface area (Å²) < 4.78 is 13.6. The van der Waals surface area contributed by atoms with Crippen molar-refractivity contribution in [2.45, 2.75) is 0 Å². The maximum absolute atomic E-state index is 13.6. The number of aromatic nitrogens is 3. The lowest BCUT2D eigenvalue weighted by Gasteiger charge is -2.00. The van der Waals surface area contributed by atoms with Gasteiger partial charge in [0.2, 0.25) is 0 Å². The summed E-state index contributed by atoms with van der Waals surface area (Å²) in [5.41, 5.74) is 9.07. The van der Waals surface area contributed by atoms with E-state index in [9.17, 15) is 9.18 Å². The number of nitrogens with two attached hydrogens (primary N) is 1. The summed E-state index contributed by atoms with van der Waals surface area (Å²) in [6.45, 7) is 0. The van der Waals surface area contributed by atoms with Crippen LogP contribution in [0.5, 0.6) is 0 Å². The van der Waals surface area contributed by atoms with E-state index in [1.54, 1.807) is 0 Å². The summed E-state index contributed by atoms with van der Waals surface area (Å²) in [5, 5.41) is 0. The van der Waals surface area contributed by atoms with Gasteiger partial charge in [0.1, 0.15) is 17.2 Å². The number of hydrogen-bond acceptors (Lipinski definition) is 2. The Morgan fingerprint density at radius 1 is 1.08 bits per heavy atom. The summed E-state index contributed by atoms with van der Waals surface area (Å²) >= 11 is 0. The van der Waals surface area contributed by atoms with Crippen LogP contribution in [-0.2, 0) is 0 Å². The summed E-state index contributed by atoms with van der Waals surface area (Å²) in [6.07, 6.45) is 1.86. The molecule has 0 fully saturated rings. The Morgan fingerprint density at radius 2 is 1.83 bits per heavy atom. The Hall–Kier alpha value is -3.41. The van der Waals surface area contributed by atoms with Gasteiger partial charge in [0, 0.05) is 17.5 Å². The zero-order chi connectivity index (χ0) is 16.7. The fraction of sp³-hybridized carbons (Fsp3) is 0. The summed E-state index contributed by atoms with van der Waals surface area (Å²) in [7, 11) is 0. The fourth-order valence-electron chi connectivity index (χ4n) is 2.72. The van der Waals surface area contributed by atoms with Gasteiger partial charge in [-0.15, -0.1) is 0 Å². The van der Waals surface area contributed by atoms with Crippen LogP contribution in [-0.4, -0.2) is 20.9 Å². The van der Waals surface area contributed by atoms with E-state index in [1.807, 2.05) is 42.6 Å². The molecular weight excluding hydrogens is 307 g/mol. The molecule has 1 amide bonds. The van der Waals surface area contributed by atoms with E-state index in [-0.39, 0.29) is 5.56 Å². The minimum absolute atomic E-state index is 0.0653. The first-order valence-electron chi connectivity index (χ1n) is 7.35. The van der Waals surface area contributed by atoms with E-state index in [0.717, 1.165) is 22.9 Å². The number of aromatic amines is 2. The number of imidazole rings is 1. The number of nitrogens with one attached hydrogen (secondary N) is 2. The highest BCUT2D eigenvalue weighted by Crippen LogP contribution is 2.26. The molecule has 2 aromatic heterocycles. The van der Waals surface area contributed by atoms with Gasteiger partial charge in [0.05, 0.1) is 11.1 Å². The first-order valence-corrected chi connectivity index (χ1v) is 7.35. The minimum Gasteiger partial charge on any atom is -0.366 e. The van der Waals surface area contributed by atoms with Gasteiger partial charge in [0.15, 0.2) is 0 Å². The standard InChI is InChI=1S/C18H13FN4O/c19-12-8-13(17(20)24)16-15(9-12)22-18(23-16)11-5-3-10(4-6-11)14-2-1-7-21-14/h1-9,21H,(H2,20,24)(H,22,23). The largest absolute Gasteiger partial charge is 0.366 e. The average molecular weight is 320 g/mol. The number of primary amides is 1. The van der Waals surface area contributed by atoms with Crippen LogP contribution in [0, 0.1) is 5.82 Å². The third-order valence-electron chi connectivity index (χ3n) is 3.88. The second kappa shape index (κ2) is 5.34. The number of carbonyl (C=O) groups excluding carboxylic acids is 1. The van der Waals surface area contributed by atoms with Crippen molar-refractivity contribution >= 4 is 16.9 Å². The molecule has 24 heavy (non-hydrogen) atoms. The molecule has 0 saturated carbocycles. The Labute approximate surface area is 136 Å². The molecule has 2 heterocycles. The molecule has 4 rings (SSSR count). The number of hydrogen-bond donors (Lipinski definition) is 3. The van der Waals surface area contributed by atoms with Gasteiger partial charge in [0.25, 0.3) is 5.91 Å². The van der Waals surface area contributed by atoms with Gasteiger partial charge in [-0.1, -0.05) is 24.3 Å². The smallest absolute Gasteiger partial charge is 0.251 e. The van der Waals surface area contributed by atoms with Crippen LogP contribution in [0.15, 0.2) is 54.7 Å². The van der Waals surface area contributed by atoms with Crippen molar-refractivity contribution in [1.82, 2.24) is 15.0 Å². The SMILES string of the molecule is NC(=O)c1cc(F)cc2[nH]c(-c3ccc(-c4ccc[nH]4)cc3)nc12. The second-order valence-electron chi connectivity index (χ2n) is 5.46. The van der Waals surface area contributed by atoms with Crippen molar-refractivity contribution in [3.05, 3.63) is 66.1 Å². The van der Waals surface area contributed by atoms with Crippen molar-refractivity contribution in [3.8, 4) is 22.6 Å². The van der Waals surface area contributed by atoms with Crippen LogP contribution in [0.3, 0.4) is 0 Å². The third kappa shape index (κ3) is 2.34. The molecule has 4 aromatic rings. The monoisotopic (exact) mass is 320 g/mol. The molecular formula is C18H13FN4O. The number of rotatable bonds is 3. The molecule has 2 aromatic carbocycles. The Balaban J connectivity index is 1.79. The van der Waals surface area contributed by atoms with Gasteiger partial charge in [-0.25, -0.2) is 9.37 Å². The summed E-state index contributed by atoms with van der Waals surface area (Å²) in [6, 6.07) is 14.1. The quantitative estimate of drug-likeness (QED) is 0.540. The first kappa shape index (κ1) is 14.2. The first-order chi connectivity index (χ1) is 11.6. The lowest BCUT2D eigenvalue weighted by Crippen LogP contribution is -2.11. The maximum atomic E-state index is 13.6. The highest BCUT2D eigenvalue weighted by atomic mass is 19.1. The highest BCUT2D eigenvalue weighted by molar-refractivity contribution is 6.04.